The number of carbonyl (C=O) groups excluding carboxylic acids is 2. The monoisotopic (exact) mass is 575 g/mol. The van der Waals surface area contributed by atoms with E-state index < -0.39 is 39.9 Å². The molecular formula is C26H17ClF3N3O5S. The number of benzene rings is 3. The number of ether oxygens (including phenoxy) is 1. The number of carbonyl (C=O) groups is 2. The molecule has 8 nitrogen and oxygen atoms in total. The number of rotatable bonds is 6. The fourth-order valence-corrected chi connectivity index (χ4v) is 4.18. The number of halogens is 4. The molecule has 0 aromatic heterocycles. The van der Waals surface area contributed by atoms with Crippen LogP contribution < -0.4 is 15.0 Å². The summed E-state index contributed by atoms with van der Waals surface area (Å²) in [5, 5.41) is 13.7. The maximum atomic E-state index is 13.2. The Bertz CT molecular complexity index is 1540. The summed E-state index contributed by atoms with van der Waals surface area (Å²) in [4.78, 5) is 37.3. The van der Waals surface area contributed by atoms with Crippen molar-refractivity contribution in [3.05, 3.63) is 98.1 Å². The summed E-state index contributed by atoms with van der Waals surface area (Å²) < 4.78 is 44.3. The van der Waals surface area contributed by atoms with Crippen LogP contribution in [-0.2, 0) is 22.2 Å². The highest BCUT2D eigenvalue weighted by Crippen LogP contribution is 2.39. The third-order valence-corrected chi connectivity index (χ3v) is 6.25. The van der Waals surface area contributed by atoms with E-state index in [1.54, 1.807) is 12.1 Å². The highest BCUT2D eigenvalue weighted by Gasteiger charge is 2.35. The van der Waals surface area contributed by atoms with E-state index in [4.69, 9.17) is 28.6 Å². The molecule has 13 heteroatoms. The minimum absolute atomic E-state index is 0.0775. The number of nitrogens with one attached hydrogen (secondary N) is 1. The van der Waals surface area contributed by atoms with Crippen molar-refractivity contribution in [1.82, 2.24) is 5.32 Å². The molecule has 200 valence electrons. The Balaban J connectivity index is 1.62. The molecule has 0 bridgehead atoms. The normalized spacial score (nSPS) is 14.9. The topological polar surface area (TPSA) is 102 Å². The first-order valence-corrected chi connectivity index (χ1v) is 12.0. The molecule has 0 saturated carbocycles. The average Bonchev–Trinajstić information content (AvgIpc) is 2.87. The molecule has 0 unspecified atom stereocenters. The smallest absolute Gasteiger partial charge is 0.416 e. The lowest BCUT2D eigenvalue weighted by Crippen LogP contribution is -2.54. The van der Waals surface area contributed by atoms with Crippen molar-refractivity contribution in [3.8, 4) is 11.5 Å². The average molecular weight is 576 g/mol. The Morgan fingerprint density at radius 3 is 2.33 bits per heavy atom. The van der Waals surface area contributed by atoms with Crippen LogP contribution in [0.15, 0.2) is 66.2 Å². The number of aryl methyl sites for hydroxylation is 1. The van der Waals surface area contributed by atoms with Gasteiger partial charge in [0.1, 0.15) is 11.3 Å². The summed E-state index contributed by atoms with van der Waals surface area (Å²) >= 11 is 11.5. The number of nitro benzene ring substituents is 1. The molecule has 3 aromatic rings. The molecule has 4 rings (SSSR count). The fraction of sp³-hybridized carbons (Fsp3) is 0.115. The number of amides is 2. The molecule has 1 aliphatic heterocycles. The molecule has 0 aliphatic carbocycles. The molecule has 39 heavy (non-hydrogen) atoms. The molecule has 1 heterocycles. The van der Waals surface area contributed by atoms with Gasteiger partial charge in [-0.3, -0.25) is 29.9 Å². The number of alkyl halides is 3. The quantitative estimate of drug-likeness (QED) is 0.119. The minimum atomic E-state index is -4.78. The predicted molar refractivity (Wildman–Crippen MR) is 142 cm³/mol. The molecular weight excluding hydrogens is 559 g/mol. The second-order valence-electron chi connectivity index (χ2n) is 8.21. The van der Waals surface area contributed by atoms with E-state index in [2.05, 4.69) is 5.32 Å². The van der Waals surface area contributed by atoms with Crippen LogP contribution in [0.3, 0.4) is 0 Å². The lowest BCUT2D eigenvalue weighted by Gasteiger charge is -2.29. The zero-order valence-corrected chi connectivity index (χ0v) is 21.5. The van der Waals surface area contributed by atoms with Gasteiger partial charge >= 0.3 is 11.9 Å². The van der Waals surface area contributed by atoms with Gasteiger partial charge in [-0.2, -0.15) is 13.2 Å². The van der Waals surface area contributed by atoms with Crippen LogP contribution in [0, 0.1) is 10.1 Å². The van der Waals surface area contributed by atoms with Crippen molar-refractivity contribution in [2.24, 2.45) is 0 Å². The summed E-state index contributed by atoms with van der Waals surface area (Å²) in [6, 6.07) is 13.0. The van der Waals surface area contributed by atoms with Crippen LogP contribution in [0.1, 0.15) is 23.6 Å². The van der Waals surface area contributed by atoms with Crippen molar-refractivity contribution in [1.29, 1.82) is 0 Å². The summed E-state index contributed by atoms with van der Waals surface area (Å²) in [6.45, 7) is 1.99. The van der Waals surface area contributed by atoms with Crippen LogP contribution >= 0.6 is 23.8 Å². The molecule has 2 amide bonds. The SMILES string of the molecule is CCc1ccc(N2C(=O)/C(=C/c3ccc(Oc4ccc(C(F)(F)F)cc4[N+](=O)[O-])c(Cl)c3)C(=O)NC2=S)cc1. The van der Waals surface area contributed by atoms with Crippen LogP contribution in [0.2, 0.25) is 5.02 Å². The lowest BCUT2D eigenvalue weighted by molar-refractivity contribution is -0.385. The zero-order chi connectivity index (χ0) is 28.5. The van der Waals surface area contributed by atoms with Gasteiger partial charge in [0.25, 0.3) is 11.8 Å². The van der Waals surface area contributed by atoms with Crippen molar-refractivity contribution in [2.45, 2.75) is 19.5 Å². The van der Waals surface area contributed by atoms with E-state index in [0.717, 1.165) is 18.1 Å². The van der Waals surface area contributed by atoms with Crippen molar-refractivity contribution >= 4 is 58.2 Å². The molecule has 0 atom stereocenters. The van der Waals surface area contributed by atoms with Crippen molar-refractivity contribution in [2.75, 3.05) is 4.90 Å². The molecule has 1 N–H and O–H groups in total. The molecule has 0 radical (unpaired) electrons. The van der Waals surface area contributed by atoms with Crippen LogP contribution in [0.25, 0.3) is 6.08 Å². The minimum Gasteiger partial charge on any atom is -0.449 e. The predicted octanol–water partition coefficient (Wildman–Crippen LogP) is 6.45. The van der Waals surface area contributed by atoms with Gasteiger partial charge in [0.15, 0.2) is 5.11 Å². The van der Waals surface area contributed by atoms with Crippen LogP contribution in [0.5, 0.6) is 11.5 Å². The van der Waals surface area contributed by atoms with Gasteiger partial charge in [-0.05, 0) is 72.2 Å². The number of hydrogen-bond acceptors (Lipinski definition) is 6. The van der Waals surface area contributed by atoms with E-state index >= 15 is 0 Å². The van der Waals surface area contributed by atoms with Gasteiger partial charge < -0.3 is 4.74 Å². The summed E-state index contributed by atoms with van der Waals surface area (Å²) in [5.74, 6) is -1.94. The van der Waals surface area contributed by atoms with E-state index in [1.807, 2.05) is 19.1 Å². The van der Waals surface area contributed by atoms with Gasteiger partial charge in [0, 0.05) is 6.07 Å². The molecule has 1 saturated heterocycles. The van der Waals surface area contributed by atoms with Gasteiger partial charge in [-0.1, -0.05) is 36.7 Å². The second kappa shape index (κ2) is 10.8. The summed E-state index contributed by atoms with van der Waals surface area (Å²) in [6.07, 6.45) is -2.70. The van der Waals surface area contributed by atoms with Gasteiger partial charge in [-0.25, -0.2) is 0 Å². The largest absolute Gasteiger partial charge is 0.449 e. The van der Waals surface area contributed by atoms with E-state index in [9.17, 15) is 32.9 Å². The Morgan fingerprint density at radius 2 is 1.74 bits per heavy atom. The summed E-state index contributed by atoms with van der Waals surface area (Å²) in [5.41, 5.74) is -0.520. The maximum absolute atomic E-state index is 13.2. The van der Waals surface area contributed by atoms with Crippen molar-refractivity contribution in [3.63, 3.8) is 0 Å². The van der Waals surface area contributed by atoms with Crippen LogP contribution in [0.4, 0.5) is 24.5 Å². The van der Waals surface area contributed by atoms with Gasteiger partial charge in [0.2, 0.25) is 5.75 Å². The summed E-state index contributed by atoms with van der Waals surface area (Å²) in [7, 11) is 0. The van der Waals surface area contributed by atoms with Gasteiger partial charge in [-0.15, -0.1) is 0 Å². The maximum Gasteiger partial charge on any atom is 0.416 e. The molecule has 1 fully saturated rings. The third-order valence-electron chi connectivity index (χ3n) is 5.67. The first kappa shape index (κ1) is 27.7. The first-order valence-electron chi connectivity index (χ1n) is 11.2. The Hall–Kier alpha value is -4.29. The Morgan fingerprint density at radius 1 is 1.08 bits per heavy atom. The van der Waals surface area contributed by atoms with Crippen LogP contribution in [-0.4, -0.2) is 21.9 Å². The first-order chi connectivity index (χ1) is 18.4. The highest BCUT2D eigenvalue weighted by atomic mass is 35.5. The number of nitro groups is 1. The number of hydrogen-bond donors (Lipinski definition) is 1. The standard InChI is InChI=1S/C26H17ClF3N3O5S/c1-2-14-3-7-17(8-4-14)32-24(35)18(23(34)31-25(32)39)11-15-5-9-21(19(27)12-15)38-22-10-6-16(26(28,29)30)13-20(22)33(36)37/h3-13H,2H2,1H3,(H,31,34,39)/b18-11+. The molecule has 0 spiro atoms. The van der Waals surface area contributed by atoms with Crippen molar-refractivity contribution < 1.29 is 32.4 Å². The third kappa shape index (κ3) is 5.91. The number of nitrogens with zero attached hydrogens (tertiary/aromatic N) is 2. The lowest BCUT2D eigenvalue weighted by atomic mass is 10.1. The highest BCUT2D eigenvalue weighted by molar-refractivity contribution is 7.80. The molecule has 3 aromatic carbocycles. The van der Waals surface area contributed by atoms with E-state index in [-0.39, 0.29) is 21.5 Å². The van der Waals surface area contributed by atoms with E-state index in [0.29, 0.717) is 23.4 Å². The van der Waals surface area contributed by atoms with E-state index in [1.165, 1.54) is 29.2 Å². The number of thiocarbonyl (C=S) groups is 1. The Kier molecular flexibility index (Phi) is 7.70. The van der Waals surface area contributed by atoms with Gasteiger partial charge in [0.05, 0.1) is 21.2 Å². The fourth-order valence-electron chi connectivity index (χ4n) is 3.67. The second-order valence-corrected chi connectivity index (χ2v) is 9.00. The Labute approximate surface area is 229 Å². The zero-order valence-electron chi connectivity index (χ0n) is 19.9. The molecule has 1 aliphatic rings. The number of anilines is 1.